The van der Waals surface area contributed by atoms with Crippen LogP contribution >= 0.6 is 22.9 Å². The Balaban J connectivity index is 2.07. The van der Waals surface area contributed by atoms with Crippen LogP contribution in [0.4, 0.5) is 0 Å². The highest BCUT2D eigenvalue weighted by Gasteiger charge is 2.37. The zero-order valence-corrected chi connectivity index (χ0v) is 12.6. The molecule has 2 heterocycles. The number of rotatable bonds is 4. The third kappa shape index (κ3) is 3.06. The second kappa shape index (κ2) is 5.88. The zero-order chi connectivity index (χ0) is 13.2. The average Bonchev–Trinajstić information content (AvgIpc) is 2.74. The molecule has 2 atom stereocenters. The third-order valence-electron chi connectivity index (χ3n) is 3.85. The van der Waals surface area contributed by atoms with Gasteiger partial charge in [-0.3, -0.25) is 4.90 Å². The summed E-state index contributed by atoms with van der Waals surface area (Å²) in [5, 5.41) is 0. The summed E-state index contributed by atoms with van der Waals surface area (Å²) >= 11 is 7.62. The van der Waals surface area contributed by atoms with Crippen molar-refractivity contribution in [2.45, 2.75) is 38.0 Å². The molecular weight excluding hydrogens is 268 g/mol. The second-order valence-electron chi connectivity index (χ2n) is 5.13. The summed E-state index contributed by atoms with van der Waals surface area (Å²) in [6, 6.07) is 4.05. The minimum absolute atomic E-state index is 0.0636. The van der Waals surface area contributed by atoms with E-state index in [9.17, 15) is 0 Å². The van der Waals surface area contributed by atoms with Crippen LogP contribution in [0.3, 0.4) is 0 Å². The van der Waals surface area contributed by atoms with Crippen molar-refractivity contribution < 1.29 is 4.74 Å². The van der Waals surface area contributed by atoms with Gasteiger partial charge in [0, 0.05) is 30.1 Å². The van der Waals surface area contributed by atoms with E-state index in [1.165, 1.54) is 4.88 Å². The van der Waals surface area contributed by atoms with Gasteiger partial charge in [-0.1, -0.05) is 11.6 Å². The highest BCUT2D eigenvalue weighted by molar-refractivity contribution is 7.16. The standard InChI is InChI=1S/C13H21ClN2OS/c1-10-7-13(9-15,5-6-17-10)16(2)8-11-3-4-12(14)18-11/h3-4,10H,5-9,15H2,1-2H3. The molecule has 102 valence electrons. The van der Waals surface area contributed by atoms with E-state index in [1.807, 2.05) is 6.07 Å². The quantitative estimate of drug-likeness (QED) is 0.926. The van der Waals surface area contributed by atoms with Gasteiger partial charge in [-0.2, -0.15) is 0 Å². The average molecular weight is 289 g/mol. The van der Waals surface area contributed by atoms with E-state index in [0.29, 0.717) is 6.54 Å². The van der Waals surface area contributed by atoms with Crippen molar-refractivity contribution in [3.63, 3.8) is 0 Å². The maximum atomic E-state index is 6.04. The third-order valence-corrected chi connectivity index (χ3v) is 5.06. The van der Waals surface area contributed by atoms with E-state index in [-0.39, 0.29) is 11.6 Å². The number of likely N-dealkylation sites (N-methyl/N-ethyl adjacent to an activating group) is 1. The molecule has 0 saturated carbocycles. The summed E-state index contributed by atoms with van der Waals surface area (Å²) in [6.45, 7) is 4.50. The van der Waals surface area contributed by atoms with Crippen molar-refractivity contribution in [3.05, 3.63) is 21.3 Å². The SMILES string of the molecule is CC1CC(CN)(N(C)Cc2ccc(Cl)s2)CCO1. The Morgan fingerprint density at radius 2 is 2.39 bits per heavy atom. The molecular formula is C13H21ClN2OS. The molecule has 1 aromatic heterocycles. The van der Waals surface area contributed by atoms with Crippen LogP contribution in [0.5, 0.6) is 0 Å². The largest absolute Gasteiger partial charge is 0.378 e. The molecule has 2 unspecified atom stereocenters. The smallest absolute Gasteiger partial charge is 0.0931 e. The van der Waals surface area contributed by atoms with Crippen LogP contribution in [-0.4, -0.2) is 36.7 Å². The van der Waals surface area contributed by atoms with Gasteiger partial charge in [0.1, 0.15) is 0 Å². The van der Waals surface area contributed by atoms with Crippen molar-refractivity contribution >= 4 is 22.9 Å². The van der Waals surface area contributed by atoms with Crippen LogP contribution in [0.15, 0.2) is 12.1 Å². The first-order valence-electron chi connectivity index (χ1n) is 6.33. The molecule has 0 spiro atoms. The van der Waals surface area contributed by atoms with Gasteiger partial charge >= 0.3 is 0 Å². The molecule has 2 rings (SSSR count). The highest BCUT2D eigenvalue weighted by atomic mass is 35.5. The zero-order valence-electron chi connectivity index (χ0n) is 11.0. The fourth-order valence-corrected chi connectivity index (χ4v) is 3.81. The minimum atomic E-state index is 0.0636. The maximum Gasteiger partial charge on any atom is 0.0931 e. The van der Waals surface area contributed by atoms with Gasteiger partial charge < -0.3 is 10.5 Å². The molecule has 1 aromatic rings. The van der Waals surface area contributed by atoms with Gasteiger partial charge in [0.15, 0.2) is 0 Å². The monoisotopic (exact) mass is 288 g/mol. The van der Waals surface area contributed by atoms with Gasteiger partial charge in [-0.15, -0.1) is 11.3 Å². The summed E-state index contributed by atoms with van der Waals surface area (Å²) < 4.78 is 6.49. The summed E-state index contributed by atoms with van der Waals surface area (Å²) in [6.07, 6.45) is 2.29. The number of halogens is 1. The fraction of sp³-hybridized carbons (Fsp3) is 0.692. The first-order chi connectivity index (χ1) is 8.55. The summed E-state index contributed by atoms with van der Waals surface area (Å²) in [5.74, 6) is 0. The number of hydrogen-bond donors (Lipinski definition) is 1. The van der Waals surface area contributed by atoms with E-state index in [2.05, 4.69) is 24.9 Å². The van der Waals surface area contributed by atoms with Gasteiger partial charge in [0.25, 0.3) is 0 Å². The topological polar surface area (TPSA) is 38.5 Å². The molecule has 1 aliphatic heterocycles. The molecule has 0 aromatic carbocycles. The molecule has 0 radical (unpaired) electrons. The first-order valence-corrected chi connectivity index (χ1v) is 7.52. The lowest BCUT2D eigenvalue weighted by Gasteiger charge is -2.45. The number of nitrogens with two attached hydrogens (primary N) is 1. The van der Waals surface area contributed by atoms with E-state index in [4.69, 9.17) is 22.1 Å². The molecule has 1 fully saturated rings. The molecule has 1 aliphatic rings. The van der Waals surface area contributed by atoms with E-state index in [0.717, 1.165) is 30.3 Å². The number of hydrogen-bond acceptors (Lipinski definition) is 4. The van der Waals surface area contributed by atoms with E-state index >= 15 is 0 Å². The lowest BCUT2D eigenvalue weighted by molar-refractivity contribution is -0.0581. The molecule has 3 nitrogen and oxygen atoms in total. The lowest BCUT2D eigenvalue weighted by Crippen LogP contribution is -2.56. The van der Waals surface area contributed by atoms with Gasteiger partial charge in [0.05, 0.1) is 10.4 Å². The molecule has 18 heavy (non-hydrogen) atoms. The van der Waals surface area contributed by atoms with Gasteiger partial charge in [0.2, 0.25) is 0 Å². The summed E-state index contributed by atoms with van der Waals surface area (Å²) in [5.41, 5.74) is 6.10. The van der Waals surface area contributed by atoms with Crippen LogP contribution < -0.4 is 5.73 Å². The first kappa shape index (κ1) is 14.3. The Kier molecular flexibility index (Phi) is 4.67. The van der Waals surface area contributed by atoms with Crippen LogP contribution in [-0.2, 0) is 11.3 Å². The van der Waals surface area contributed by atoms with Crippen LogP contribution in [0, 0.1) is 0 Å². The van der Waals surface area contributed by atoms with Crippen molar-refractivity contribution in [1.29, 1.82) is 0 Å². The Bertz CT molecular complexity index is 398. The minimum Gasteiger partial charge on any atom is -0.378 e. The fourth-order valence-electron chi connectivity index (χ4n) is 2.67. The molecule has 1 saturated heterocycles. The van der Waals surface area contributed by atoms with Crippen LogP contribution in [0.25, 0.3) is 0 Å². The Morgan fingerprint density at radius 3 is 2.94 bits per heavy atom. The molecule has 0 aliphatic carbocycles. The van der Waals surface area contributed by atoms with Crippen molar-refractivity contribution in [2.24, 2.45) is 5.73 Å². The van der Waals surface area contributed by atoms with Crippen LogP contribution in [0.1, 0.15) is 24.6 Å². The molecule has 0 amide bonds. The van der Waals surface area contributed by atoms with E-state index in [1.54, 1.807) is 11.3 Å². The summed E-state index contributed by atoms with van der Waals surface area (Å²) in [7, 11) is 2.15. The van der Waals surface area contributed by atoms with E-state index < -0.39 is 0 Å². The molecule has 2 N–H and O–H groups in total. The van der Waals surface area contributed by atoms with Crippen molar-refractivity contribution in [1.82, 2.24) is 4.90 Å². The van der Waals surface area contributed by atoms with Gasteiger partial charge in [-0.25, -0.2) is 0 Å². The van der Waals surface area contributed by atoms with Crippen molar-refractivity contribution in [2.75, 3.05) is 20.2 Å². The normalized spacial score (nSPS) is 28.8. The highest BCUT2D eigenvalue weighted by Crippen LogP contribution is 2.32. The van der Waals surface area contributed by atoms with Gasteiger partial charge in [-0.05, 0) is 38.9 Å². The van der Waals surface area contributed by atoms with Crippen molar-refractivity contribution in [3.8, 4) is 0 Å². The Labute approximate surface area is 118 Å². The predicted molar refractivity (Wildman–Crippen MR) is 77.2 cm³/mol. The lowest BCUT2D eigenvalue weighted by atomic mass is 9.85. The number of nitrogens with zero attached hydrogens (tertiary/aromatic N) is 1. The molecule has 0 bridgehead atoms. The Morgan fingerprint density at radius 1 is 1.61 bits per heavy atom. The second-order valence-corrected chi connectivity index (χ2v) is 6.93. The Hall–Kier alpha value is -0.130. The number of thiophene rings is 1. The predicted octanol–water partition coefficient (Wildman–Crippen LogP) is 2.73. The van der Waals surface area contributed by atoms with Crippen LogP contribution in [0.2, 0.25) is 4.34 Å². The molecule has 5 heteroatoms. The maximum absolute atomic E-state index is 6.04. The number of ether oxygens (including phenoxy) is 1. The summed E-state index contributed by atoms with van der Waals surface area (Å²) in [4.78, 5) is 3.66.